The van der Waals surface area contributed by atoms with Crippen molar-refractivity contribution < 1.29 is 18.8 Å². The molecule has 1 aliphatic carbocycles. The fourth-order valence-electron chi connectivity index (χ4n) is 6.38. The highest BCUT2D eigenvalue weighted by atomic mass is 16.5. The lowest BCUT2D eigenvalue weighted by molar-refractivity contribution is -0.939. The normalized spacial score (nSPS) is 28.0. The van der Waals surface area contributed by atoms with E-state index < -0.39 is 5.41 Å². The molecule has 6 rings (SSSR count). The number of hydrogen-bond donors (Lipinski definition) is 1. The molecule has 1 amide bonds. The van der Waals surface area contributed by atoms with Gasteiger partial charge in [-0.3, -0.25) is 9.59 Å². The standard InChI is InChI=1S/C27H34N4O3/c32-25(30-24-10-15-28-20-29-24)19-31-16-11-21(12-17-31)23(18-31)34-26(33)27(13-6-1-2-7-14-27)22-8-4-3-5-9-22/h3-5,8-10,15,20-21,23H,1-2,6-7,11-14,16-19H2/p+1. The second-order valence-electron chi connectivity index (χ2n) is 10.4. The van der Waals surface area contributed by atoms with E-state index in [1.54, 1.807) is 12.3 Å². The third-order valence-electron chi connectivity index (χ3n) is 8.30. The Labute approximate surface area is 201 Å². The molecule has 3 aliphatic heterocycles. The quantitative estimate of drug-likeness (QED) is 0.400. The molecular weight excluding hydrogens is 428 g/mol. The highest BCUT2D eigenvalue weighted by molar-refractivity contribution is 5.90. The summed E-state index contributed by atoms with van der Waals surface area (Å²) >= 11 is 0. The second-order valence-corrected chi connectivity index (χ2v) is 10.4. The molecule has 2 bridgehead atoms. The summed E-state index contributed by atoms with van der Waals surface area (Å²) < 4.78 is 7.08. The molecule has 1 saturated carbocycles. The van der Waals surface area contributed by atoms with Crippen LogP contribution in [0.4, 0.5) is 5.82 Å². The first-order chi connectivity index (χ1) is 16.6. The number of aromatic nitrogens is 2. The molecule has 7 nitrogen and oxygen atoms in total. The van der Waals surface area contributed by atoms with E-state index in [0.717, 1.165) is 63.7 Å². The molecule has 0 radical (unpaired) electrons. The number of anilines is 1. The molecule has 4 aliphatic rings. The van der Waals surface area contributed by atoms with Crippen LogP contribution in [-0.4, -0.2) is 58.6 Å². The molecule has 180 valence electrons. The van der Waals surface area contributed by atoms with Gasteiger partial charge in [-0.2, -0.15) is 0 Å². The minimum absolute atomic E-state index is 0.0475. The van der Waals surface area contributed by atoms with Gasteiger partial charge in [0.1, 0.15) is 18.7 Å². The van der Waals surface area contributed by atoms with Crippen molar-refractivity contribution in [2.45, 2.75) is 62.9 Å². The van der Waals surface area contributed by atoms with Crippen molar-refractivity contribution in [2.24, 2.45) is 5.92 Å². The van der Waals surface area contributed by atoms with Gasteiger partial charge < -0.3 is 14.5 Å². The number of fused-ring (bicyclic) bond motifs is 3. The van der Waals surface area contributed by atoms with Gasteiger partial charge in [0.25, 0.3) is 5.91 Å². The first kappa shape index (κ1) is 23.0. The largest absolute Gasteiger partial charge is 0.455 e. The number of quaternary nitrogens is 1. The Morgan fingerprint density at radius 1 is 1.03 bits per heavy atom. The van der Waals surface area contributed by atoms with Crippen LogP contribution in [0.2, 0.25) is 0 Å². The SMILES string of the molecule is O=C(C[N+]12CCC(CC1)C(OC(=O)C1(c3ccccc3)CCCCCC1)C2)Nc1ccncn1. The van der Waals surface area contributed by atoms with E-state index in [-0.39, 0.29) is 18.0 Å². The van der Waals surface area contributed by atoms with Gasteiger partial charge in [-0.1, -0.05) is 56.0 Å². The van der Waals surface area contributed by atoms with Gasteiger partial charge in [0.15, 0.2) is 12.6 Å². The molecule has 4 fully saturated rings. The Kier molecular flexibility index (Phi) is 6.63. The van der Waals surface area contributed by atoms with E-state index in [1.807, 2.05) is 18.2 Å². The summed E-state index contributed by atoms with van der Waals surface area (Å²) in [6.07, 6.45) is 11.1. The molecule has 3 saturated heterocycles. The summed E-state index contributed by atoms with van der Waals surface area (Å²) in [7, 11) is 0. The van der Waals surface area contributed by atoms with E-state index in [4.69, 9.17) is 4.74 Å². The minimum Gasteiger partial charge on any atom is -0.455 e. The lowest BCUT2D eigenvalue weighted by Gasteiger charge is -2.52. The molecule has 2 aromatic rings. The number of benzene rings is 1. The maximum Gasteiger partial charge on any atom is 0.317 e. The summed E-state index contributed by atoms with van der Waals surface area (Å²) in [6, 6.07) is 11.9. The smallest absolute Gasteiger partial charge is 0.317 e. The van der Waals surface area contributed by atoms with E-state index in [1.165, 1.54) is 19.2 Å². The highest BCUT2D eigenvalue weighted by Crippen LogP contribution is 2.42. The van der Waals surface area contributed by atoms with Crippen LogP contribution >= 0.6 is 0 Å². The zero-order chi connectivity index (χ0) is 23.4. The molecule has 7 heteroatoms. The lowest BCUT2D eigenvalue weighted by atomic mass is 9.74. The van der Waals surface area contributed by atoms with E-state index >= 15 is 0 Å². The summed E-state index contributed by atoms with van der Waals surface area (Å²) in [4.78, 5) is 34.7. The Morgan fingerprint density at radius 2 is 1.76 bits per heavy atom. The first-order valence-electron chi connectivity index (χ1n) is 12.8. The van der Waals surface area contributed by atoms with E-state index in [2.05, 4.69) is 27.4 Å². The number of hydrogen-bond acceptors (Lipinski definition) is 5. The molecule has 4 heterocycles. The maximum atomic E-state index is 13.9. The molecule has 1 aromatic heterocycles. The Hall–Kier alpha value is -2.80. The highest BCUT2D eigenvalue weighted by Gasteiger charge is 2.51. The number of piperidine rings is 3. The number of nitrogens with one attached hydrogen (secondary N) is 1. The van der Waals surface area contributed by atoms with Crippen molar-refractivity contribution in [1.82, 2.24) is 9.97 Å². The van der Waals surface area contributed by atoms with Crippen LogP contribution in [0.5, 0.6) is 0 Å². The monoisotopic (exact) mass is 463 g/mol. The van der Waals surface area contributed by atoms with Gasteiger partial charge in [0, 0.05) is 25.0 Å². The van der Waals surface area contributed by atoms with Crippen LogP contribution in [0.25, 0.3) is 0 Å². The summed E-state index contributed by atoms with van der Waals surface area (Å²) in [6.45, 7) is 3.02. The zero-order valence-corrected chi connectivity index (χ0v) is 19.8. The zero-order valence-electron chi connectivity index (χ0n) is 19.8. The number of amides is 1. The summed E-state index contributed by atoms with van der Waals surface area (Å²) in [5.74, 6) is 0.815. The fraction of sp³-hybridized carbons (Fsp3) is 0.556. The number of rotatable bonds is 6. The third-order valence-corrected chi connectivity index (χ3v) is 8.30. The fourth-order valence-corrected chi connectivity index (χ4v) is 6.38. The van der Waals surface area contributed by atoms with Crippen LogP contribution < -0.4 is 5.32 Å². The van der Waals surface area contributed by atoms with E-state index in [0.29, 0.717) is 22.8 Å². The van der Waals surface area contributed by atoms with Crippen molar-refractivity contribution in [1.29, 1.82) is 0 Å². The van der Waals surface area contributed by atoms with Crippen LogP contribution in [-0.2, 0) is 19.7 Å². The number of carbonyl (C=O) groups is 2. The van der Waals surface area contributed by atoms with Crippen LogP contribution in [0.15, 0.2) is 48.9 Å². The van der Waals surface area contributed by atoms with Crippen LogP contribution in [0.3, 0.4) is 0 Å². The van der Waals surface area contributed by atoms with Crippen molar-refractivity contribution in [2.75, 3.05) is 31.5 Å². The molecule has 34 heavy (non-hydrogen) atoms. The molecule has 1 N–H and O–H groups in total. The van der Waals surface area contributed by atoms with Crippen LogP contribution in [0.1, 0.15) is 56.9 Å². The van der Waals surface area contributed by atoms with Gasteiger partial charge >= 0.3 is 5.97 Å². The Bertz CT molecular complexity index is 981. The number of nitrogens with zero attached hydrogens (tertiary/aromatic N) is 3. The average Bonchev–Trinajstić information content (AvgIpc) is 3.13. The second kappa shape index (κ2) is 9.82. The lowest BCUT2D eigenvalue weighted by Crippen LogP contribution is -2.66. The maximum absolute atomic E-state index is 13.9. The molecular formula is C27H35N4O3+. The average molecular weight is 464 g/mol. The van der Waals surface area contributed by atoms with Gasteiger partial charge in [-0.25, -0.2) is 9.97 Å². The number of esters is 1. The Balaban J connectivity index is 1.30. The predicted octanol–water partition coefficient (Wildman–Crippen LogP) is 3.86. The van der Waals surface area contributed by atoms with Crippen molar-refractivity contribution in [3.63, 3.8) is 0 Å². The molecule has 1 atom stereocenters. The van der Waals surface area contributed by atoms with E-state index in [9.17, 15) is 9.59 Å². The summed E-state index contributed by atoms with van der Waals surface area (Å²) in [5, 5.41) is 2.89. The number of carbonyl (C=O) groups excluding carboxylic acids is 2. The summed E-state index contributed by atoms with van der Waals surface area (Å²) in [5.41, 5.74) is 0.551. The molecule has 1 aromatic carbocycles. The van der Waals surface area contributed by atoms with Gasteiger partial charge in [-0.15, -0.1) is 0 Å². The van der Waals surface area contributed by atoms with Crippen molar-refractivity contribution in [3.8, 4) is 0 Å². The molecule has 0 spiro atoms. The minimum atomic E-state index is -0.543. The van der Waals surface area contributed by atoms with Crippen LogP contribution in [0, 0.1) is 5.92 Å². The van der Waals surface area contributed by atoms with Crippen molar-refractivity contribution >= 4 is 17.7 Å². The molecule has 1 unspecified atom stereocenters. The number of ether oxygens (including phenoxy) is 1. The van der Waals surface area contributed by atoms with Gasteiger partial charge in [0.2, 0.25) is 0 Å². The predicted molar refractivity (Wildman–Crippen MR) is 129 cm³/mol. The van der Waals surface area contributed by atoms with Gasteiger partial charge in [0.05, 0.1) is 18.5 Å². The van der Waals surface area contributed by atoms with Crippen molar-refractivity contribution in [3.05, 3.63) is 54.5 Å². The first-order valence-corrected chi connectivity index (χ1v) is 12.8. The Morgan fingerprint density at radius 3 is 2.44 bits per heavy atom. The third kappa shape index (κ3) is 4.71. The van der Waals surface area contributed by atoms with Gasteiger partial charge in [-0.05, 0) is 24.5 Å². The topological polar surface area (TPSA) is 81.2 Å².